The molecular weight excluding hydrogens is 372 g/mol. The highest BCUT2D eigenvalue weighted by Crippen LogP contribution is 2.38. The summed E-state index contributed by atoms with van der Waals surface area (Å²) < 4.78 is 0. The molecule has 5 nitrogen and oxygen atoms in total. The van der Waals surface area contributed by atoms with Crippen LogP contribution in [0.1, 0.15) is 55.7 Å². The minimum Gasteiger partial charge on any atom is -0.355 e. The SMILES string of the molecule is CC(C(=O)NCC1CCC(c2ncncc2-c2ccncc2)CC1)c1ccccc1. The number of hydrogen-bond donors (Lipinski definition) is 1. The van der Waals surface area contributed by atoms with Gasteiger partial charge >= 0.3 is 0 Å². The van der Waals surface area contributed by atoms with Crippen LogP contribution in [0.2, 0.25) is 0 Å². The zero-order chi connectivity index (χ0) is 20.8. The minimum absolute atomic E-state index is 0.110. The van der Waals surface area contributed by atoms with E-state index in [4.69, 9.17) is 0 Å². The molecule has 2 heterocycles. The minimum atomic E-state index is -0.119. The molecule has 1 N–H and O–H groups in total. The number of carbonyl (C=O) groups is 1. The zero-order valence-electron chi connectivity index (χ0n) is 17.4. The molecule has 1 saturated carbocycles. The summed E-state index contributed by atoms with van der Waals surface area (Å²) in [5.74, 6) is 0.955. The molecule has 30 heavy (non-hydrogen) atoms. The standard InChI is InChI=1S/C25H28N4O/c1-18(20-5-3-2-4-6-20)25(30)28-15-19-7-9-22(10-8-19)24-23(16-27-17-29-24)21-11-13-26-14-12-21/h2-6,11-14,16-19,22H,7-10,15H2,1H3,(H,28,30). The zero-order valence-corrected chi connectivity index (χ0v) is 17.4. The highest BCUT2D eigenvalue weighted by atomic mass is 16.1. The normalized spacial score (nSPS) is 19.8. The fourth-order valence-corrected chi connectivity index (χ4v) is 4.35. The van der Waals surface area contributed by atoms with E-state index in [1.807, 2.05) is 68.0 Å². The lowest BCUT2D eigenvalue weighted by Crippen LogP contribution is -2.33. The summed E-state index contributed by atoms with van der Waals surface area (Å²) in [6.45, 7) is 2.72. The summed E-state index contributed by atoms with van der Waals surface area (Å²) in [6.07, 6.45) is 11.6. The van der Waals surface area contributed by atoms with Gasteiger partial charge in [-0.2, -0.15) is 0 Å². The molecule has 1 amide bonds. The molecule has 1 unspecified atom stereocenters. The molecule has 2 aromatic heterocycles. The Bertz CT molecular complexity index is 953. The van der Waals surface area contributed by atoms with Crippen molar-refractivity contribution in [3.8, 4) is 11.1 Å². The third-order valence-corrected chi connectivity index (χ3v) is 6.23. The van der Waals surface area contributed by atoms with Crippen molar-refractivity contribution in [3.63, 3.8) is 0 Å². The fourth-order valence-electron chi connectivity index (χ4n) is 4.35. The Morgan fingerprint density at radius 2 is 1.77 bits per heavy atom. The van der Waals surface area contributed by atoms with Crippen molar-refractivity contribution in [1.82, 2.24) is 20.3 Å². The largest absolute Gasteiger partial charge is 0.355 e. The molecule has 5 heteroatoms. The van der Waals surface area contributed by atoms with Gasteiger partial charge in [0, 0.05) is 36.6 Å². The van der Waals surface area contributed by atoms with Gasteiger partial charge in [-0.25, -0.2) is 9.97 Å². The van der Waals surface area contributed by atoms with Crippen molar-refractivity contribution >= 4 is 5.91 Å². The molecule has 0 aliphatic heterocycles. The molecular formula is C25H28N4O. The van der Waals surface area contributed by atoms with Gasteiger partial charge in [0.25, 0.3) is 0 Å². The van der Waals surface area contributed by atoms with Crippen LogP contribution in [-0.2, 0) is 4.79 Å². The van der Waals surface area contributed by atoms with Crippen LogP contribution in [0, 0.1) is 5.92 Å². The van der Waals surface area contributed by atoms with Gasteiger partial charge in [0.15, 0.2) is 0 Å². The average Bonchev–Trinajstić information content (AvgIpc) is 2.83. The van der Waals surface area contributed by atoms with E-state index in [0.29, 0.717) is 11.8 Å². The Labute approximate surface area is 178 Å². The van der Waals surface area contributed by atoms with Crippen molar-refractivity contribution < 1.29 is 4.79 Å². The number of benzene rings is 1. The lowest BCUT2D eigenvalue weighted by Gasteiger charge is -2.29. The number of carbonyl (C=O) groups excluding carboxylic acids is 1. The molecule has 0 saturated heterocycles. The lowest BCUT2D eigenvalue weighted by molar-refractivity contribution is -0.122. The smallest absolute Gasteiger partial charge is 0.227 e. The third-order valence-electron chi connectivity index (χ3n) is 6.23. The maximum atomic E-state index is 12.5. The summed E-state index contributed by atoms with van der Waals surface area (Å²) in [6, 6.07) is 14.0. The van der Waals surface area contributed by atoms with Gasteiger partial charge in [0.2, 0.25) is 5.91 Å². The number of nitrogens with zero attached hydrogens (tertiary/aromatic N) is 3. The Morgan fingerprint density at radius 1 is 1.03 bits per heavy atom. The van der Waals surface area contributed by atoms with Crippen molar-refractivity contribution in [3.05, 3.63) is 78.6 Å². The molecule has 0 radical (unpaired) electrons. The number of hydrogen-bond acceptors (Lipinski definition) is 4. The molecule has 1 fully saturated rings. The highest BCUT2D eigenvalue weighted by Gasteiger charge is 2.26. The maximum Gasteiger partial charge on any atom is 0.227 e. The van der Waals surface area contributed by atoms with E-state index in [0.717, 1.165) is 54.6 Å². The number of rotatable bonds is 6. The van der Waals surface area contributed by atoms with Crippen molar-refractivity contribution in [1.29, 1.82) is 0 Å². The summed E-state index contributed by atoms with van der Waals surface area (Å²) in [4.78, 5) is 25.5. The van der Waals surface area contributed by atoms with Gasteiger partial charge in [0.1, 0.15) is 6.33 Å². The second kappa shape index (κ2) is 9.61. The van der Waals surface area contributed by atoms with Gasteiger partial charge in [-0.15, -0.1) is 0 Å². The van der Waals surface area contributed by atoms with E-state index in [9.17, 15) is 4.79 Å². The number of aromatic nitrogens is 3. The quantitative estimate of drug-likeness (QED) is 0.649. The summed E-state index contributed by atoms with van der Waals surface area (Å²) >= 11 is 0. The molecule has 0 spiro atoms. The Kier molecular flexibility index (Phi) is 6.47. The van der Waals surface area contributed by atoms with E-state index < -0.39 is 0 Å². The van der Waals surface area contributed by atoms with Gasteiger partial charge in [0.05, 0.1) is 11.6 Å². The predicted octanol–water partition coefficient (Wildman–Crippen LogP) is 4.73. The Hall–Kier alpha value is -3.08. The van der Waals surface area contributed by atoms with E-state index in [1.54, 1.807) is 6.33 Å². The first-order chi connectivity index (χ1) is 14.7. The molecule has 1 aromatic carbocycles. The van der Waals surface area contributed by atoms with Crippen molar-refractivity contribution in [2.24, 2.45) is 5.92 Å². The van der Waals surface area contributed by atoms with Crippen LogP contribution < -0.4 is 5.32 Å². The van der Waals surface area contributed by atoms with Crippen LogP contribution >= 0.6 is 0 Å². The van der Waals surface area contributed by atoms with Crippen LogP contribution in [0.5, 0.6) is 0 Å². The lowest BCUT2D eigenvalue weighted by atomic mass is 9.79. The molecule has 1 aliphatic carbocycles. The predicted molar refractivity (Wildman–Crippen MR) is 118 cm³/mol. The average molecular weight is 401 g/mol. The highest BCUT2D eigenvalue weighted by molar-refractivity contribution is 5.83. The second-order valence-electron chi connectivity index (χ2n) is 8.15. The van der Waals surface area contributed by atoms with Gasteiger partial charge < -0.3 is 5.32 Å². The summed E-state index contributed by atoms with van der Waals surface area (Å²) in [5, 5.41) is 3.17. The monoisotopic (exact) mass is 400 g/mol. The third kappa shape index (κ3) is 4.73. The first-order valence-electron chi connectivity index (χ1n) is 10.8. The molecule has 0 bridgehead atoms. The first kappa shape index (κ1) is 20.2. The van der Waals surface area contributed by atoms with Gasteiger partial charge in [-0.05, 0) is 61.8 Å². The Balaban J connectivity index is 1.32. The van der Waals surface area contributed by atoms with Crippen LogP contribution in [0.3, 0.4) is 0 Å². The number of nitrogens with one attached hydrogen (secondary N) is 1. The van der Waals surface area contributed by atoms with Crippen LogP contribution in [0.25, 0.3) is 11.1 Å². The molecule has 1 aliphatic rings. The van der Waals surface area contributed by atoms with Gasteiger partial charge in [-0.1, -0.05) is 30.3 Å². The Morgan fingerprint density at radius 3 is 2.50 bits per heavy atom. The van der Waals surface area contributed by atoms with E-state index in [1.165, 1.54) is 0 Å². The van der Waals surface area contributed by atoms with Crippen LogP contribution in [0.15, 0.2) is 67.4 Å². The van der Waals surface area contributed by atoms with Crippen molar-refractivity contribution in [2.45, 2.75) is 44.4 Å². The summed E-state index contributed by atoms with van der Waals surface area (Å²) in [5.41, 5.74) is 4.42. The fraction of sp³-hybridized carbons (Fsp3) is 0.360. The second-order valence-corrected chi connectivity index (χ2v) is 8.15. The molecule has 154 valence electrons. The topological polar surface area (TPSA) is 67.8 Å². The van der Waals surface area contributed by atoms with Crippen LogP contribution in [-0.4, -0.2) is 27.4 Å². The van der Waals surface area contributed by atoms with E-state index in [-0.39, 0.29) is 11.8 Å². The van der Waals surface area contributed by atoms with E-state index in [2.05, 4.69) is 20.3 Å². The number of amides is 1. The van der Waals surface area contributed by atoms with Crippen molar-refractivity contribution in [2.75, 3.05) is 6.54 Å². The van der Waals surface area contributed by atoms with Gasteiger partial charge in [-0.3, -0.25) is 9.78 Å². The molecule has 4 rings (SSSR count). The maximum absolute atomic E-state index is 12.5. The van der Waals surface area contributed by atoms with Crippen LogP contribution in [0.4, 0.5) is 0 Å². The summed E-state index contributed by atoms with van der Waals surface area (Å²) in [7, 11) is 0. The molecule has 3 aromatic rings. The van der Waals surface area contributed by atoms with E-state index >= 15 is 0 Å². The first-order valence-corrected chi connectivity index (χ1v) is 10.8. The number of pyridine rings is 1. The molecule has 1 atom stereocenters.